The minimum atomic E-state index is -0.557. The molecule has 1 atom stereocenters. The third-order valence-corrected chi connectivity index (χ3v) is 4.06. The van der Waals surface area contributed by atoms with E-state index in [1.807, 2.05) is 20.8 Å². The highest BCUT2D eigenvalue weighted by Gasteiger charge is 2.40. The molecular weight excluding hydrogens is 284 g/mol. The highest BCUT2D eigenvalue weighted by molar-refractivity contribution is 6.19. The second-order valence-electron chi connectivity index (χ2n) is 6.95. The third-order valence-electron chi connectivity index (χ3n) is 4.06. The van der Waals surface area contributed by atoms with Crippen molar-refractivity contribution in [2.75, 3.05) is 13.1 Å². The lowest BCUT2D eigenvalue weighted by atomic mass is 10.0. The summed E-state index contributed by atoms with van der Waals surface area (Å²) in [6.07, 6.45) is 1.08. The molecule has 1 fully saturated rings. The van der Waals surface area contributed by atoms with Crippen molar-refractivity contribution in [2.45, 2.75) is 59.1 Å². The number of carbonyl (C=O) groups is 3. The van der Waals surface area contributed by atoms with Crippen LogP contribution in [0.2, 0.25) is 0 Å². The maximum atomic E-state index is 12.2. The number of piperidine rings is 1. The molecule has 6 heteroatoms. The molecule has 22 heavy (non-hydrogen) atoms. The van der Waals surface area contributed by atoms with E-state index in [1.165, 1.54) is 4.90 Å². The quantitative estimate of drug-likeness (QED) is 0.696. The van der Waals surface area contributed by atoms with Crippen molar-refractivity contribution in [1.82, 2.24) is 9.80 Å². The van der Waals surface area contributed by atoms with Gasteiger partial charge in [-0.15, -0.1) is 0 Å². The lowest BCUT2D eigenvalue weighted by Crippen LogP contribution is -2.52. The Hall–Kier alpha value is -1.85. The van der Waals surface area contributed by atoms with E-state index in [4.69, 9.17) is 4.74 Å². The molecule has 122 valence electrons. The lowest BCUT2D eigenvalue weighted by molar-refractivity contribution is -0.141. The van der Waals surface area contributed by atoms with Gasteiger partial charge in [0.05, 0.1) is 6.04 Å². The van der Waals surface area contributed by atoms with Gasteiger partial charge in [-0.3, -0.25) is 14.5 Å². The molecule has 1 saturated heterocycles. The van der Waals surface area contributed by atoms with Crippen molar-refractivity contribution in [1.29, 1.82) is 0 Å². The molecule has 0 aromatic heterocycles. The Bertz CT molecular complexity index is 521. The van der Waals surface area contributed by atoms with Crippen molar-refractivity contribution >= 4 is 17.9 Å². The summed E-state index contributed by atoms with van der Waals surface area (Å²) in [6, 6.07) is -0.270. The number of likely N-dealkylation sites (tertiary alicyclic amines) is 1. The Morgan fingerprint density at radius 2 is 1.68 bits per heavy atom. The van der Waals surface area contributed by atoms with Crippen molar-refractivity contribution in [3.63, 3.8) is 0 Å². The largest absolute Gasteiger partial charge is 0.444 e. The number of ether oxygens (including phenoxy) is 1. The van der Waals surface area contributed by atoms with Crippen LogP contribution in [0, 0.1) is 0 Å². The van der Waals surface area contributed by atoms with E-state index in [0.717, 1.165) is 12.8 Å². The topological polar surface area (TPSA) is 66.9 Å². The number of hydrogen-bond acceptors (Lipinski definition) is 4. The maximum Gasteiger partial charge on any atom is 0.410 e. The summed E-state index contributed by atoms with van der Waals surface area (Å²) in [5.74, 6) is -0.475. The van der Waals surface area contributed by atoms with E-state index in [2.05, 4.69) is 0 Å². The zero-order chi connectivity index (χ0) is 16.7. The van der Waals surface area contributed by atoms with Crippen molar-refractivity contribution in [2.24, 2.45) is 0 Å². The molecule has 0 aliphatic carbocycles. The van der Waals surface area contributed by atoms with E-state index in [0.29, 0.717) is 24.2 Å². The van der Waals surface area contributed by atoms with Crippen LogP contribution in [0.25, 0.3) is 0 Å². The normalized spacial score (nSPS) is 23.4. The summed E-state index contributed by atoms with van der Waals surface area (Å²) in [5.41, 5.74) is 0.441. The number of carbonyl (C=O) groups excluding carboxylic acids is 3. The van der Waals surface area contributed by atoms with E-state index in [1.54, 1.807) is 18.7 Å². The number of rotatable bonds is 1. The molecule has 0 N–H and O–H groups in total. The summed E-state index contributed by atoms with van der Waals surface area (Å²) in [5, 5.41) is 0. The fourth-order valence-electron chi connectivity index (χ4n) is 2.76. The van der Waals surface area contributed by atoms with Crippen LogP contribution in [0.3, 0.4) is 0 Å². The first kappa shape index (κ1) is 16.5. The van der Waals surface area contributed by atoms with Gasteiger partial charge in [0.15, 0.2) is 0 Å². The molecule has 2 aliphatic heterocycles. The maximum absolute atomic E-state index is 12.2. The zero-order valence-corrected chi connectivity index (χ0v) is 13.9. The van der Waals surface area contributed by atoms with Crippen LogP contribution in [0.15, 0.2) is 11.1 Å². The molecule has 0 radical (unpaired) electrons. The lowest BCUT2D eigenvalue weighted by Gasteiger charge is -2.37. The molecule has 0 bridgehead atoms. The van der Waals surface area contributed by atoms with Gasteiger partial charge >= 0.3 is 6.09 Å². The first-order valence-electron chi connectivity index (χ1n) is 7.65. The average molecular weight is 308 g/mol. The van der Waals surface area contributed by atoms with Gasteiger partial charge in [-0.1, -0.05) is 0 Å². The van der Waals surface area contributed by atoms with Gasteiger partial charge in [0.1, 0.15) is 5.60 Å². The highest BCUT2D eigenvalue weighted by atomic mass is 16.6. The van der Waals surface area contributed by atoms with E-state index in [-0.39, 0.29) is 17.9 Å². The number of imide groups is 1. The number of hydrogen-bond donors (Lipinski definition) is 0. The molecule has 6 nitrogen and oxygen atoms in total. The molecule has 0 saturated carbocycles. The summed E-state index contributed by atoms with van der Waals surface area (Å²) < 4.78 is 5.37. The molecule has 0 aromatic carbocycles. The minimum absolute atomic E-state index is 0.237. The van der Waals surface area contributed by atoms with Crippen molar-refractivity contribution in [3.05, 3.63) is 11.1 Å². The Morgan fingerprint density at radius 3 is 2.18 bits per heavy atom. The SMILES string of the molecule is CC1=C(C)C(=O)N(C2CCCN(C(=O)OC(C)(C)C)C2)C1=O. The van der Waals surface area contributed by atoms with Crippen LogP contribution in [0.4, 0.5) is 4.79 Å². The fraction of sp³-hybridized carbons (Fsp3) is 0.688. The summed E-state index contributed by atoms with van der Waals surface area (Å²) in [4.78, 5) is 39.6. The van der Waals surface area contributed by atoms with Crippen LogP contribution in [-0.4, -0.2) is 52.4 Å². The molecular formula is C16H24N2O4. The molecule has 2 rings (SSSR count). The van der Waals surface area contributed by atoms with Crippen LogP contribution in [0.1, 0.15) is 47.5 Å². The number of nitrogens with zero attached hydrogens (tertiary/aromatic N) is 2. The molecule has 2 aliphatic rings. The zero-order valence-electron chi connectivity index (χ0n) is 13.9. The van der Waals surface area contributed by atoms with Gasteiger partial charge < -0.3 is 9.64 Å². The van der Waals surface area contributed by atoms with Gasteiger partial charge in [0, 0.05) is 24.2 Å². The smallest absolute Gasteiger partial charge is 0.410 e. The Morgan fingerprint density at radius 1 is 1.14 bits per heavy atom. The molecule has 0 spiro atoms. The van der Waals surface area contributed by atoms with Crippen LogP contribution in [-0.2, 0) is 14.3 Å². The van der Waals surface area contributed by atoms with Crippen LogP contribution in [0.5, 0.6) is 0 Å². The van der Waals surface area contributed by atoms with E-state index in [9.17, 15) is 14.4 Å². The van der Waals surface area contributed by atoms with Gasteiger partial charge in [-0.25, -0.2) is 4.79 Å². The standard InChI is InChI=1S/C16H24N2O4/c1-10-11(2)14(20)18(13(10)19)12-7-6-8-17(9-12)15(21)22-16(3,4)5/h12H,6-9H2,1-5H3. The van der Waals surface area contributed by atoms with E-state index >= 15 is 0 Å². The Labute approximate surface area is 131 Å². The van der Waals surface area contributed by atoms with Crippen LogP contribution >= 0.6 is 0 Å². The van der Waals surface area contributed by atoms with Gasteiger partial charge in [0.2, 0.25) is 0 Å². The second kappa shape index (κ2) is 5.74. The Balaban J connectivity index is 2.08. The monoisotopic (exact) mass is 308 g/mol. The molecule has 2 heterocycles. The van der Waals surface area contributed by atoms with Gasteiger partial charge in [-0.2, -0.15) is 0 Å². The van der Waals surface area contributed by atoms with E-state index < -0.39 is 11.7 Å². The predicted molar refractivity (Wildman–Crippen MR) is 81.1 cm³/mol. The average Bonchev–Trinajstić information content (AvgIpc) is 2.61. The summed E-state index contributed by atoms with van der Waals surface area (Å²) >= 11 is 0. The number of amides is 3. The Kier molecular flexibility index (Phi) is 4.31. The highest BCUT2D eigenvalue weighted by Crippen LogP contribution is 2.27. The molecule has 3 amide bonds. The first-order valence-corrected chi connectivity index (χ1v) is 7.65. The second-order valence-corrected chi connectivity index (χ2v) is 6.95. The van der Waals surface area contributed by atoms with Crippen LogP contribution < -0.4 is 0 Å². The molecule has 0 aromatic rings. The first-order chi connectivity index (χ1) is 10.1. The summed E-state index contributed by atoms with van der Waals surface area (Å²) in [6.45, 7) is 9.72. The van der Waals surface area contributed by atoms with Gasteiger partial charge in [-0.05, 0) is 47.5 Å². The molecule has 1 unspecified atom stereocenters. The predicted octanol–water partition coefficient (Wildman–Crippen LogP) is 2.09. The van der Waals surface area contributed by atoms with Crippen molar-refractivity contribution < 1.29 is 19.1 Å². The van der Waals surface area contributed by atoms with Crippen molar-refractivity contribution in [3.8, 4) is 0 Å². The minimum Gasteiger partial charge on any atom is -0.444 e. The summed E-state index contributed by atoms with van der Waals surface area (Å²) in [7, 11) is 0. The van der Waals surface area contributed by atoms with Gasteiger partial charge in [0.25, 0.3) is 11.8 Å². The third kappa shape index (κ3) is 3.15. The fourth-order valence-corrected chi connectivity index (χ4v) is 2.76.